The van der Waals surface area contributed by atoms with Gasteiger partial charge in [0.1, 0.15) is 12.1 Å². The zero-order valence-corrected chi connectivity index (χ0v) is 26.4. The van der Waals surface area contributed by atoms with Gasteiger partial charge in [0, 0.05) is 38.1 Å². The van der Waals surface area contributed by atoms with Crippen molar-refractivity contribution in [3.8, 4) is 0 Å². The summed E-state index contributed by atoms with van der Waals surface area (Å²) >= 11 is 0. The van der Waals surface area contributed by atoms with Gasteiger partial charge in [-0.15, -0.1) is 0 Å². The number of amides is 1. The van der Waals surface area contributed by atoms with Crippen LogP contribution >= 0.6 is 0 Å². The number of nitrogens with zero attached hydrogens (tertiary/aromatic N) is 3. The van der Waals surface area contributed by atoms with Gasteiger partial charge in [0.05, 0.1) is 12.7 Å². The molecule has 0 aromatic heterocycles. The summed E-state index contributed by atoms with van der Waals surface area (Å²) in [6, 6.07) is -0.415. The molecule has 2 bridgehead atoms. The van der Waals surface area contributed by atoms with Crippen molar-refractivity contribution < 1.29 is 19.8 Å². The van der Waals surface area contributed by atoms with Crippen molar-refractivity contribution in [1.29, 1.82) is 0 Å². The molecule has 0 aromatic rings. The molecule has 8 heteroatoms. The molecule has 5 fully saturated rings. The van der Waals surface area contributed by atoms with E-state index < -0.39 is 24.2 Å². The van der Waals surface area contributed by atoms with E-state index >= 15 is 0 Å². The normalized spacial score (nSPS) is 35.2. The van der Waals surface area contributed by atoms with Crippen molar-refractivity contribution in [2.45, 2.75) is 110 Å². The Kier molecular flexibility index (Phi) is 11.4. The maximum absolute atomic E-state index is 13.8. The topological polar surface area (TPSA) is 88.5 Å². The van der Waals surface area contributed by atoms with Crippen LogP contribution < -0.4 is 5.32 Å². The first-order valence-electron chi connectivity index (χ1n) is 16.4. The van der Waals surface area contributed by atoms with Gasteiger partial charge in [0.25, 0.3) is 0 Å². The Morgan fingerprint density at radius 3 is 2.42 bits per heavy atom. The van der Waals surface area contributed by atoms with Crippen LogP contribution in [0.2, 0.25) is 0 Å². The van der Waals surface area contributed by atoms with Gasteiger partial charge in [-0.3, -0.25) is 9.63 Å². The van der Waals surface area contributed by atoms with Gasteiger partial charge >= 0.3 is 0 Å². The second-order valence-electron chi connectivity index (χ2n) is 14.6. The smallest absolute Gasteiger partial charge is 0.240 e. The number of rotatable bonds is 14. The van der Waals surface area contributed by atoms with Crippen molar-refractivity contribution in [1.82, 2.24) is 20.2 Å². The molecule has 4 saturated carbocycles. The van der Waals surface area contributed by atoms with E-state index in [2.05, 4.69) is 50.0 Å². The number of unbranched alkanes of at least 4 members (excludes halogenated alkanes) is 1. The highest BCUT2D eigenvalue weighted by Crippen LogP contribution is 2.61. The maximum atomic E-state index is 13.8. The molecule has 8 nitrogen and oxygen atoms in total. The lowest BCUT2D eigenvalue weighted by atomic mass is 9.45. The number of aliphatic hydroxyl groups excluding tert-OH is 2. The van der Waals surface area contributed by atoms with Gasteiger partial charge in [-0.2, -0.15) is 5.06 Å². The predicted molar refractivity (Wildman–Crippen MR) is 160 cm³/mol. The highest BCUT2D eigenvalue weighted by molar-refractivity contribution is 5.82. The Morgan fingerprint density at radius 2 is 1.82 bits per heavy atom. The molecule has 8 atom stereocenters. The van der Waals surface area contributed by atoms with Gasteiger partial charge in [0.15, 0.2) is 0 Å². The lowest BCUT2D eigenvalue weighted by molar-refractivity contribution is -0.178. The second-order valence-corrected chi connectivity index (χ2v) is 14.6. The first-order chi connectivity index (χ1) is 19.0. The van der Waals surface area contributed by atoms with Crippen LogP contribution in [0.25, 0.3) is 0 Å². The minimum absolute atomic E-state index is 0.0530. The minimum Gasteiger partial charge on any atom is -0.394 e. The third-order valence-corrected chi connectivity index (χ3v) is 11.3. The summed E-state index contributed by atoms with van der Waals surface area (Å²) in [7, 11) is 4.28. The van der Waals surface area contributed by atoms with Crippen LogP contribution in [0, 0.1) is 35.0 Å². The molecule has 1 aliphatic heterocycles. The quantitative estimate of drug-likeness (QED) is 0.279. The number of carbonyl (C=O) groups is 1. The van der Waals surface area contributed by atoms with Gasteiger partial charge in [0.2, 0.25) is 5.91 Å². The summed E-state index contributed by atoms with van der Waals surface area (Å²) < 4.78 is 0. The Bertz CT molecular complexity index is 802. The number of hydrogen-bond donors (Lipinski definition) is 3. The van der Waals surface area contributed by atoms with Gasteiger partial charge < -0.3 is 25.3 Å². The van der Waals surface area contributed by atoms with Crippen LogP contribution in [0.15, 0.2) is 0 Å². The van der Waals surface area contributed by atoms with Crippen molar-refractivity contribution >= 4 is 5.91 Å². The van der Waals surface area contributed by atoms with Crippen molar-refractivity contribution in [3.63, 3.8) is 0 Å². The summed E-state index contributed by atoms with van der Waals surface area (Å²) in [6.07, 6.45) is 9.79. The molecule has 3 N–H and O–H groups in total. The summed E-state index contributed by atoms with van der Waals surface area (Å²) in [5.74, 6) is 2.07. The molecule has 0 unspecified atom stereocenters. The molecule has 1 saturated heterocycles. The standard InChI is InChI=1S/C32H60N4O4/c1-22-26-18-25(32(26,3)4)19-27(22)33-31(39)30-29(23(2)38)28(21-37)40-36(30)15-11-10-14-35(17-16-34(5)6)20-24-12-8-7-9-13-24/h22-30,37-38H,7-21H2,1-6H3,(H,33,39)/t22-,23-,25+,26-,27-,28-,29+,30-/m0/s1. The lowest BCUT2D eigenvalue weighted by Gasteiger charge is -2.62. The van der Waals surface area contributed by atoms with E-state index in [9.17, 15) is 15.0 Å². The first-order valence-corrected chi connectivity index (χ1v) is 16.4. The van der Waals surface area contributed by atoms with Gasteiger partial charge in [-0.25, -0.2) is 0 Å². The van der Waals surface area contributed by atoms with Crippen LogP contribution in [0.4, 0.5) is 0 Å². The third-order valence-electron chi connectivity index (χ3n) is 11.3. The van der Waals surface area contributed by atoms with E-state index in [-0.39, 0.29) is 18.6 Å². The summed E-state index contributed by atoms with van der Waals surface area (Å²) in [4.78, 5) is 24.8. The average Bonchev–Trinajstić information content (AvgIpc) is 3.30. The van der Waals surface area contributed by atoms with E-state index in [0.717, 1.165) is 44.8 Å². The van der Waals surface area contributed by atoms with Gasteiger partial charge in [-0.05, 0) is 95.2 Å². The molecule has 5 aliphatic rings. The van der Waals surface area contributed by atoms with Crippen LogP contribution in [-0.2, 0) is 9.63 Å². The molecule has 4 aliphatic carbocycles. The Hall–Kier alpha value is -0.770. The fraction of sp³-hybridized carbons (Fsp3) is 0.969. The third kappa shape index (κ3) is 7.41. The number of hydrogen-bond acceptors (Lipinski definition) is 7. The number of carbonyl (C=O) groups excluding carboxylic acids is 1. The fourth-order valence-electron chi connectivity index (χ4n) is 8.51. The fourth-order valence-corrected chi connectivity index (χ4v) is 8.51. The second kappa shape index (κ2) is 14.1. The number of hydroxylamine groups is 2. The van der Waals surface area contributed by atoms with Crippen LogP contribution in [0.3, 0.4) is 0 Å². The Morgan fingerprint density at radius 1 is 1.10 bits per heavy atom. The molecule has 0 spiro atoms. The first kappa shape index (κ1) is 32.2. The largest absolute Gasteiger partial charge is 0.394 e. The zero-order chi connectivity index (χ0) is 29.0. The summed E-state index contributed by atoms with van der Waals surface area (Å²) in [5.41, 5.74) is 0.366. The monoisotopic (exact) mass is 564 g/mol. The molecule has 232 valence electrons. The van der Waals surface area contributed by atoms with E-state index in [1.807, 2.05) is 0 Å². The molecular formula is C32H60N4O4. The predicted octanol–water partition coefficient (Wildman–Crippen LogP) is 3.37. The molecular weight excluding hydrogens is 504 g/mol. The van der Waals surface area contributed by atoms with E-state index in [1.165, 1.54) is 45.1 Å². The average molecular weight is 565 g/mol. The molecule has 5 rings (SSSR count). The van der Waals surface area contributed by atoms with Crippen molar-refractivity contribution in [2.75, 3.05) is 53.4 Å². The maximum Gasteiger partial charge on any atom is 0.240 e. The number of likely N-dealkylation sites (N-methyl/N-ethyl adjacent to an activating group) is 1. The highest BCUT2D eigenvalue weighted by Gasteiger charge is 2.57. The lowest BCUT2D eigenvalue weighted by Crippen LogP contribution is -2.62. The Labute approximate surface area is 244 Å². The SMILES string of the molecule is C[C@@H]1[C@@H](NC(=O)[C@@H]2[C@H]([C@H](C)O)[C@H](CO)ON2CCCCN(CCN(C)C)CC2CCCCC2)C[C@H]2C[C@@H]1C2(C)C. The zero-order valence-electron chi connectivity index (χ0n) is 26.4. The van der Waals surface area contributed by atoms with Crippen molar-refractivity contribution in [2.24, 2.45) is 35.0 Å². The van der Waals surface area contributed by atoms with E-state index in [4.69, 9.17) is 4.84 Å². The molecule has 40 heavy (non-hydrogen) atoms. The van der Waals surface area contributed by atoms with Crippen LogP contribution in [0.1, 0.15) is 85.5 Å². The number of fused-ring (bicyclic) bond motifs is 2. The van der Waals surface area contributed by atoms with E-state index in [1.54, 1.807) is 12.0 Å². The minimum atomic E-state index is -0.744. The number of aliphatic hydroxyl groups is 2. The highest BCUT2D eigenvalue weighted by atomic mass is 16.7. The summed E-state index contributed by atoms with van der Waals surface area (Å²) in [5, 5.41) is 25.9. The molecule has 0 radical (unpaired) electrons. The Balaban J connectivity index is 1.33. The summed E-state index contributed by atoms with van der Waals surface area (Å²) in [6.45, 7) is 13.6. The molecule has 1 amide bonds. The van der Waals surface area contributed by atoms with Crippen LogP contribution in [0.5, 0.6) is 0 Å². The van der Waals surface area contributed by atoms with Crippen molar-refractivity contribution in [3.05, 3.63) is 0 Å². The molecule has 0 aromatic carbocycles. The van der Waals surface area contributed by atoms with Crippen LogP contribution in [-0.4, -0.2) is 109 Å². The molecule has 1 heterocycles. The van der Waals surface area contributed by atoms with Gasteiger partial charge in [-0.1, -0.05) is 40.0 Å². The van der Waals surface area contributed by atoms with E-state index in [0.29, 0.717) is 29.7 Å². The number of nitrogens with one attached hydrogen (secondary N) is 1.